The van der Waals surface area contributed by atoms with Crippen LogP contribution in [0.25, 0.3) is 11.2 Å². The van der Waals surface area contributed by atoms with Gasteiger partial charge in [-0.1, -0.05) is 12.1 Å². The summed E-state index contributed by atoms with van der Waals surface area (Å²) in [6, 6.07) is 5.79. The molecule has 3 rings (SSSR count). The van der Waals surface area contributed by atoms with Crippen LogP contribution in [0.1, 0.15) is 5.56 Å². The topological polar surface area (TPSA) is 98.7 Å². The van der Waals surface area contributed by atoms with Crippen LogP contribution in [0.15, 0.2) is 40.2 Å². The van der Waals surface area contributed by atoms with Crippen LogP contribution in [-0.4, -0.2) is 19.2 Å². The van der Waals surface area contributed by atoms with Gasteiger partial charge in [0.1, 0.15) is 12.1 Å². The number of rotatable bonds is 2. The Morgan fingerprint density at radius 1 is 1.35 bits per heavy atom. The molecule has 20 heavy (non-hydrogen) atoms. The van der Waals surface area contributed by atoms with E-state index in [9.17, 15) is 14.0 Å². The largest absolute Gasteiger partial charge is 0.335 e. The number of hydrogen-bond donors (Lipinski definition) is 2. The number of aromatic nitrogens is 4. The fourth-order valence-electron chi connectivity index (χ4n) is 2.03. The zero-order valence-electron chi connectivity index (χ0n) is 10.2. The molecular weight excluding hydrogens is 265 g/mol. The molecule has 0 unspecified atom stereocenters. The van der Waals surface area contributed by atoms with Crippen LogP contribution in [0.5, 0.6) is 0 Å². The molecule has 0 saturated heterocycles. The van der Waals surface area contributed by atoms with E-state index in [1.54, 1.807) is 6.07 Å². The van der Waals surface area contributed by atoms with E-state index in [1.165, 1.54) is 22.8 Å². The van der Waals surface area contributed by atoms with Crippen LogP contribution in [0.4, 0.5) is 4.39 Å². The summed E-state index contributed by atoms with van der Waals surface area (Å²) in [4.78, 5) is 30.2. The Morgan fingerprint density at radius 3 is 2.90 bits per heavy atom. The minimum Gasteiger partial charge on any atom is -0.335 e. The second kappa shape index (κ2) is 4.34. The SMILES string of the molecule is Nn1cnc2[nH]c(=O)n(Cc3cccc(F)c3)c2c1=O. The number of nitrogens with one attached hydrogen (secondary N) is 1. The average Bonchev–Trinajstić information content (AvgIpc) is 2.72. The predicted molar refractivity (Wildman–Crippen MR) is 70.3 cm³/mol. The van der Waals surface area contributed by atoms with Crippen LogP contribution in [-0.2, 0) is 6.54 Å². The van der Waals surface area contributed by atoms with Crippen LogP contribution in [0, 0.1) is 5.82 Å². The molecule has 2 heterocycles. The van der Waals surface area contributed by atoms with Gasteiger partial charge in [-0.2, -0.15) is 0 Å². The molecular formula is C12H10FN5O2. The number of aromatic amines is 1. The molecule has 0 amide bonds. The summed E-state index contributed by atoms with van der Waals surface area (Å²) in [5, 5.41) is 0. The van der Waals surface area contributed by atoms with Gasteiger partial charge in [0, 0.05) is 0 Å². The van der Waals surface area contributed by atoms with E-state index in [0.29, 0.717) is 5.56 Å². The van der Waals surface area contributed by atoms with Crippen LogP contribution < -0.4 is 17.1 Å². The second-order valence-corrected chi connectivity index (χ2v) is 4.30. The summed E-state index contributed by atoms with van der Waals surface area (Å²) in [5.41, 5.74) is -0.285. The van der Waals surface area contributed by atoms with Crippen molar-refractivity contribution in [3.8, 4) is 0 Å². The maximum Gasteiger partial charge on any atom is 0.328 e. The molecule has 0 bridgehead atoms. The molecule has 0 saturated carbocycles. The van der Waals surface area contributed by atoms with Gasteiger partial charge in [-0.25, -0.2) is 18.8 Å². The highest BCUT2D eigenvalue weighted by molar-refractivity contribution is 5.69. The van der Waals surface area contributed by atoms with Gasteiger partial charge >= 0.3 is 5.69 Å². The van der Waals surface area contributed by atoms with Gasteiger partial charge in [-0.15, -0.1) is 0 Å². The second-order valence-electron chi connectivity index (χ2n) is 4.30. The number of hydrogen-bond acceptors (Lipinski definition) is 4. The van der Waals surface area contributed by atoms with Crippen LogP contribution in [0.2, 0.25) is 0 Å². The highest BCUT2D eigenvalue weighted by Crippen LogP contribution is 2.07. The number of benzene rings is 1. The molecule has 8 heteroatoms. The minimum absolute atomic E-state index is 0.0531. The first-order valence-electron chi connectivity index (χ1n) is 5.76. The van der Waals surface area contributed by atoms with Crippen molar-refractivity contribution in [1.29, 1.82) is 0 Å². The lowest BCUT2D eigenvalue weighted by atomic mass is 10.2. The lowest BCUT2D eigenvalue weighted by molar-refractivity contribution is 0.623. The van der Waals surface area contributed by atoms with Gasteiger partial charge in [-0.3, -0.25) is 14.3 Å². The number of nitrogen functional groups attached to an aromatic ring is 1. The van der Waals surface area contributed by atoms with E-state index in [0.717, 1.165) is 11.0 Å². The molecule has 3 N–H and O–H groups in total. The number of nitrogens with two attached hydrogens (primary N) is 1. The number of H-pyrrole nitrogens is 1. The van der Waals surface area contributed by atoms with Crippen molar-refractivity contribution in [2.75, 3.05) is 5.84 Å². The van der Waals surface area contributed by atoms with Crippen LogP contribution >= 0.6 is 0 Å². The number of nitrogens with zero attached hydrogens (tertiary/aromatic N) is 3. The predicted octanol–water partition coefficient (Wildman–Crippen LogP) is -0.213. The average molecular weight is 275 g/mol. The molecule has 1 aromatic carbocycles. The zero-order valence-corrected chi connectivity index (χ0v) is 10.2. The molecule has 3 aromatic rings. The third-order valence-electron chi connectivity index (χ3n) is 2.94. The molecule has 0 aliphatic rings. The number of fused-ring (bicyclic) bond motifs is 1. The fourth-order valence-corrected chi connectivity index (χ4v) is 2.03. The fraction of sp³-hybridized carbons (Fsp3) is 0.0833. The quantitative estimate of drug-likeness (QED) is 0.632. The van der Waals surface area contributed by atoms with E-state index in [4.69, 9.17) is 5.84 Å². The Morgan fingerprint density at radius 2 is 2.15 bits per heavy atom. The molecule has 102 valence electrons. The molecule has 7 nitrogen and oxygen atoms in total. The molecule has 0 spiro atoms. The first-order chi connectivity index (χ1) is 9.56. The van der Waals surface area contributed by atoms with Crippen molar-refractivity contribution in [2.45, 2.75) is 6.54 Å². The van der Waals surface area contributed by atoms with Crippen molar-refractivity contribution in [1.82, 2.24) is 19.2 Å². The first kappa shape index (κ1) is 12.2. The third-order valence-corrected chi connectivity index (χ3v) is 2.94. The lowest BCUT2D eigenvalue weighted by Gasteiger charge is -2.04. The molecule has 2 aromatic heterocycles. The minimum atomic E-state index is -0.551. The summed E-state index contributed by atoms with van der Waals surface area (Å²) in [6.07, 6.45) is 1.12. The van der Waals surface area contributed by atoms with Crippen molar-refractivity contribution in [2.24, 2.45) is 0 Å². The van der Waals surface area contributed by atoms with Crippen molar-refractivity contribution < 1.29 is 4.39 Å². The van der Waals surface area contributed by atoms with Gasteiger partial charge in [-0.05, 0) is 17.7 Å². The van der Waals surface area contributed by atoms with Gasteiger partial charge < -0.3 is 5.84 Å². The number of halogens is 1. The van der Waals surface area contributed by atoms with Crippen LogP contribution in [0.3, 0.4) is 0 Å². The highest BCUT2D eigenvalue weighted by Gasteiger charge is 2.13. The summed E-state index contributed by atoms with van der Waals surface area (Å²) in [6.45, 7) is 0.0531. The summed E-state index contributed by atoms with van der Waals surface area (Å²) < 4.78 is 15.1. The highest BCUT2D eigenvalue weighted by atomic mass is 19.1. The molecule has 0 radical (unpaired) electrons. The molecule has 0 fully saturated rings. The maximum atomic E-state index is 13.2. The normalized spacial score (nSPS) is 11.1. The Labute approximate surface area is 111 Å². The Kier molecular flexibility index (Phi) is 2.63. The van der Waals surface area contributed by atoms with E-state index in [-0.39, 0.29) is 17.7 Å². The van der Waals surface area contributed by atoms with E-state index >= 15 is 0 Å². The van der Waals surface area contributed by atoms with Crippen molar-refractivity contribution in [3.63, 3.8) is 0 Å². The third kappa shape index (κ3) is 1.87. The van der Waals surface area contributed by atoms with Gasteiger partial charge in [0.15, 0.2) is 11.2 Å². The molecule has 0 atom stereocenters. The summed E-state index contributed by atoms with van der Waals surface area (Å²) in [7, 11) is 0. The van der Waals surface area contributed by atoms with Crippen molar-refractivity contribution in [3.05, 3.63) is 62.8 Å². The summed E-state index contributed by atoms with van der Waals surface area (Å²) >= 11 is 0. The Hall–Kier alpha value is -2.90. The summed E-state index contributed by atoms with van der Waals surface area (Å²) in [5.74, 6) is 5.02. The Balaban J connectivity index is 2.21. The smallest absolute Gasteiger partial charge is 0.328 e. The van der Waals surface area contributed by atoms with Gasteiger partial charge in [0.2, 0.25) is 0 Å². The van der Waals surface area contributed by atoms with Gasteiger partial charge in [0.05, 0.1) is 6.54 Å². The van der Waals surface area contributed by atoms with E-state index in [1.807, 2.05) is 0 Å². The van der Waals surface area contributed by atoms with Gasteiger partial charge in [0.25, 0.3) is 5.56 Å². The maximum absolute atomic E-state index is 13.2. The molecule has 0 aliphatic carbocycles. The standard InChI is InChI=1S/C12H10FN5O2/c13-8-3-1-2-7(4-8)5-17-9-10(16-12(17)20)15-6-18(14)11(9)19/h1-4,6H,5,14H2,(H,16,20). The van der Waals surface area contributed by atoms with Crippen molar-refractivity contribution >= 4 is 11.2 Å². The number of imidazole rings is 1. The van der Waals surface area contributed by atoms with E-state index in [2.05, 4.69) is 9.97 Å². The monoisotopic (exact) mass is 275 g/mol. The first-order valence-corrected chi connectivity index (χ1v) is 5.76. The van der Waals surface area contributed by atoms with E-state index < -0.39 is 17.1 Å². The Bertz CT molecular complexity index is 908. The molecule has 0 aliphatic heterocycles. The zero-order chi connectivity index (χ0) is 14.3. The lowest BCUT2D eigenvalue weighted by Crippen LogP contribution is -2.29.